The first kappa shape index (κ1) is 15.2. The minimum Gasteiger partial charge on any atom is -0.494 e. The molecule has 0 saturated carbocycles. The van der Waals surface area contributed by atoms with Gasteiger partial charge in [-0.2, -0.15) is 0 Å². The Labute approximate surface area is 128 Å². The number of halogens is 4. The van der Waals surface area contributed by atoms with Crippen LogP contribution in [0.5, 0.6) is 5.75 Å². The third kappa shape index (κ3) is 2.95. The summed E-state index contributed by atoms with van der Waals surface area (Å²) in [5, 5.41) is 0.353. The molecule has 0 saturated heterocycles. The molecule has 2 nitrogen and oxygen atoms in total. The Morgan fingerprint density at radius 2 is 1.90 bits per heavy atom. The lowest BCUT2D eigenvalue weighted by molar-refractivity contribution is 0.385. The highest BCUT2D eigenvalue weighted by molar-refractivity contribution is 9.10. The SMILES string of the molecule is COc1cc(C(N)c2cc(Cl)c(Br)cc2F)ccc1F. The van der Waals surface area contributed by atoms with Crippen LogP contribution in [0.25, 0.3) is 0 Å². The van der Waals surface area contributed by atoms with Crippen molar-refractivity contribution < 1.29 is 13.5 Å². The summed E-state index contributed by atoms with van der Waals surface area (Å²) < 4.78 is 32.7. The molecule has 2 rings (SSSR count). The van der Waals surface area contributed by atoms with Crippen molar-refractivity contribution >= 4 is 27.5 Å². The van der Waals surface area contributed by atoms with Gasteiger partial charge in [-0.15, -0.1) is 0 Å². The van der Waals surface area contributed by atoms with Gasteiger partial charge in [-0.25, -0.2) is 8.78 Å². The lowest BCUT2D eigenvalue weighted by atomic mass is 9.99. The van der Waals surface area contributed by atoms with Gasteiger partial charge in [0, 0.05) is 10.0 Å². The predicted molar refractivity (Wildman–Crippen MR) is 78.1 cm³/mol. The Morgan fingerprint density at radius 3 is 2.55 bits per heavy atom. The fraction of sp³-hybridized carbons (Fsp3) is 0.143. The maximum atomic E-state index is 14.0. The third-order valence-corrected chi connectivity index (χ3v) is 4.11. The first-order valence-corrected chi connectivity index (χ1v) is 6.84. The molecular formula is C14H11BrClF2NO. The van der Waals surface area contributed by atoms with Gasteiger partial charge in [0.25, 0.3) is 0 Å². The normalized spacial score (nSPS) is 12.3. The molecule has 0 radical (unpaired) electrons. The van der Waals surface area contributed by atoms with Crippen LogP contribution in [0.2, 0.25) is 5.02 Å². The van der Waals surface area contributed by atoms with E-state index in [1.807, 2.05) is 0 Å². The van der Waals surface area contributed by atoms with Crippen LogP contribution >= 0.6 is 27.5 Å². The largest absolute Gasteiger partial charge is 0.494 e. The Bertz CT molecular complexity index is 651. The molecule has 0 aromatic heterocycles. The highest BCUT2D eigenvalue weighted by atomic mass is 79.9. The lowest BCUT2D eigenvalue weighted by Gasteiger charge is -2.15. The van der Waals surface area contributed by atoms with E-state index in [1.165, 1.54) is 37.4 Å². The molecular weight excluding hydrogens is 352 g/mol. The van der Waals surface area contributed by atoms with E-state index in [9.17, 15) is 8.78 Å². The molecule has 0 bridgehead atoms. The number of nitrogens with two attached hydrogens (primary N) is 1. The number of hydrogen-bond acceptors (Lipinski definition) is 2. The Kier molecular flexibility index (Phi) is 4.62. The Balaban J connectivity index is 2.46. The van der Waals surface area contributed by atoms with E-state index in [4.69, 9.17) is 22.1 Å². The number of rotatable bonds is 3. The number of benzene rings is 2. The zero-order valence-electron chi connectivity index (χ0n) is 10.5. The van der Waals surface area contributed by atoms with Gasteiger partial charge in [-0.05, 0) is 45.8 Å². The molecule has 0 aliphatic carbocycles. The van der Waals surface area contributed by atoms with Crippen molar-refractivity contribution in [3.63, 3.8) is 0 Å². The van der Waals surface area contributed by atoms with E-state index in [0.29, 0.717) is 15.1 Å². The minimum absolute atomic E-state index is 0.0570. The quantitative estimate of drug-likeness (QED) is 0.820. The molecule has 0 heterocycles. The summed E-state index contributed by atoms with van der Waals surface area (Å²) >= 11 is 9.08. The van der Waals surface area contributed by atoms with E-state index >= 15 is 0 Å². The standard InChI is InChI=1S/C14H11BrClF2NO/c1-20-13-4-7(2-3-11(13)17)14(19)8-5-10(16)9(15)6-12(8)18/h2-6,14H,19H2,1H3. The molecule has 2 aromatic carbocycles. The van der Waals surface area contributed by atoms with Gasteiger partial charge in [0.2, 0.25) is 0 Å². The van der Waals surface area contributed by atoms with Gasteiger partial charge >= 0.3 is 0 Å². The number of methoxy groups -OCH3 is 1. The molecule has 20 heavy (non-hydrogen) atoms. The van der Waals surface area contributed by atoms with Gasteiger partial charge in [0.1, 0.15) is 5.82 Å². The Hall–Kier alpha value is -1.17. The second kappa shape index (κ2) is 6.08. The summed E-state index contributed by atoms with van der Waals surface area (Å²) in [6.45, 7) is 0. The van der Waals surface area contributed by atoms with Crippen LogP contribution in [-0.4, -0.2) is 7.11 Å². The van der Waals surface area contributed by atoms with Crippen molar-refractivity contribution in [1.82, 2.24) is 0 Å². The van der Waals surface area contributed by atoms with E-state index in [-0.39, 0.29) is 11.3 Å². The van der Waals surface area contributed by atoms with Crippen LogP contribution in [0.1, 0.15) is 17.2 Å². The molecule has 2 aromatic rings. The fourth-order valence-electron chi connectivity index (χ4n) is 1.83. The molecule has 0 aliphatic rings. The summed E-state index contributed by atoms with van der Waals surface area (Å²) in [5.74, 6) is -0.934. The molecule has 1 atom stereocenters. The van der Waals surface area contributed by atoms with E-state index < -0.39 is 17.7 Å². The Morgan fingerprint density at radius 1 is 1.20 bits per heavy atom. The van der Waals surface area contributed by atoms with Crippen LogP contribution in [0.3, 0.4) is 0 Å². The fourth-order valence-corrected chi connectivity index (χ4v) is 2.31. The van der Waals surface area contributed by atoms with Gasteiger partial charge < -0.3 is 10.5 Å². The number of hydrogen-bond donors (Lipinski definition) is 1. The van der Waals surface area contributed by atoms with Crippen LogP contribution in [-0.2, 0) is 0 Å². The zero-order valence-corrected chi connectivity index (χ0v) is 12.8. The van der Waals surface area contributed by atoms with Crippen LogP contribution in [0.15, 0.2) is 34.8 Å². The van der Waals surface area contributed by atoms with Crippen molar-refractivity contribution in [1.29, 1.82) is 0 Å². The van der Waals surface area contributed by atoms with E-state index in [1.54, 1.807) is 0 Å². The second-order valence-electron chi connectivity index (χ2n) is 4.16. The first-order chi connectivity index (χ1) is 9.43. The third-order valence-electron chi connectivity index (χ3n) is 2.91. The van der Waals surface area contributed by atoms with Gasteiger partial charge in [0.15, 0.2) is 11.6 Å². The summed E-state index contributed by atoms with van der Waals surface area (Å²) in [6, 6.07) is 6.08. The zero-order chi connectivity index (χ0) is 14.9. The monoisotopic (exact) mass is 361 g/mol. The van der Waals surface area contributed by atoms with Gasteiger partial charge in [0.05, 0.1) is 18.2 Å². The molecule has 0 amide bonds. The molecule has 0 fully saturated rings. The smallest absolute Gasteiger partial charge is 0.165 e. The topological polar surface area (TPSA) is 35.2 Å². The maximum Gasteiger partial charge on any atom is 0.165 e. The lowest BCUT2D eigenvalue weighted by Crippen LogP contribution is -2.14. The van der Waals surface area contributed by atoms with Crippen LogP contribution in [0.4, 0.5) is 8.78 Å². The summed E-state index contributed by atoms with van der Waals surface area (Å²) in [7, 11) is 1.35. The summed E-state index contributed by atoms with van der Waals surface area (Å²) in [4.78, 5) is 0. The first-order valence-electron chi connectivity index (χ1n) is 5.67. The van der Waals surface area contributed by atoms with Gasteiger partial charge in [-0.3, -0.25) is 0 Å². The van der Waals surface area contributed by atoms with E-state index in [2.05, 4.69) is 15.9 Å². The molecule has 6 heteroatoms. The molecule has 106 valence electrons. The second-order valence-corrected chi connectivity index (χ2v) is 5.42. The average molecular weight is 363 g/mol. The molecule has 0 aliphatic heterocycles. The highest BCUT2D eigenvalue weighted by Crippen LogP contribution is 2.32. The highest BCUT2D eigenvalue weighted by Gasteiger charge is 2.17. The van der Waals surface area contributed by atoms with Gasteiger partial charge in [-0.1, -0.05) is 17.7 Å². The van der Waals surface area contributed by atoms with Crippen molar-refractivity contribution in [2.75, 3.05) is 7.11 Å². The van der Waals surface area contributed by atoms with Crippen LogP contribution < -0.4 is 10.5 Å². The van der Waals surface area contributed by atoms with Crippen molar-refractivity contribution in [2.45, 2.75) is 6.04 Å². The van der Waals surface area contributed by atoms with Crippen molar-refractivity contribution in [2.24, 2.45) is 5.73 Å². The summed E-state index contributed by atoms with van der Waals surface area (Å²) in [5.41, 5.74) is 6.77. The molecule has 0 spiro atoms. The predicted octanol–water partition coefficient (Wildman–Crippen LogP) is 4.44. The van der Waals surface area contributed by atoms with Crippen molar-refractivity contribution in [3.8, 4) is 5.75 Å². The van der Waals surface area contributed by atoms with Crippen molar-refractivity contribution in [3.05, 3.63) is 62.6 Å². The average Bonchev–Trinajstić information content (AvgIpc) is 2.42. The molecule has 1 unspecified atom stereocenters. The van der Waals surface area contributed by atoms with Crippen LogP contribution in [0, 0.1) is 11.6 Å². The number of ether oxygens (including phenoxy) is 1. The minimum atomic E-state index is -0.768. The van der Waals surface area contributed by atoms with E-state index in [0.717, 1.165) is 0 Å². The molecule has 2 N–H and O–H groups in total. The maximum absolute atomic E-state index is 14.0. The summed E-state index contributed by atoms with van der Waals surface area (Å²) in [6.07, 6.45) is 0.